The third kappa shape index (κ3) is 2.27. The molecular formula is C12H17N5. The van der Waals surface area contributed by atoms with Gasteiger partial charge in [-0.05, 0) is 18.9 Å². The summed E-state index contributed by atoms with van der Waals surface area (Å²) in [6.45, 7) is 5.10. The van der Waals surface area contributed by atoms with Gasteiger partial charge in [0.05, 0.1) is 0 Å². The maximum atomic E-state index is 4.47. The molecule has 5 heteroatoms. The van der Waals surface area contributed by atoms with Gasteiger partial charge in [-0.25, -0.2) is 15.0 Å². The van der Waals surface area contributed by atoms with Crippen molar-refractivity contribution in [1.29, 1.82) is 0 Å². The van der Waals surface area contributed by atoms with Gasteiger partial charge in [0, 0.05) is 32.2 Å². The van der Waals surface area contributed by atoms with Gasteiger partial charge in [-0.1, -0.05) is 6.92 Å². The van der Waals surface area contributed by atoms with Gasteiger partial charge >= 0.3 is 0 Å². The van der Waals surface area contributed by atoms with E-state index in [1.807, 2.05) is 32.6 Å². The highest BCUT2D eigenvalue weighted by atomic mass is 15.1. The standard InChI is InChI=1S/C12H17N5/c1-4-6-17-7-5-14-11(17)10-9(2)8-15-12(13-3)16-10/h5,7-8H,4,6H2,1-3H3,(H,13,15,16). The molecule has 17 heavy (non-hydrogen) atoms. The Kier molecular flexibility index (Phi) is 3.37. The lowest BCUT2D eigenvalue weighted by Gasteiger charge is -2.09. The van der Waals surface area contributed by atoms with Gasteiger partial charge in [0.25, 0.3) is 0 Å². The van der Waals surface area contributed by atoms with Gasteiger partial charge in [0.1, 0.15) is 5.69 Å². The molecule has 0 radical (unpaired) electrons. The highest BCUT2D eigenvalue weighted by Crippen LogP contribution is 2.20. The molecule has 0 aliphatic rings. The van der Waals surface area contributed by atoms with Crippen molar-refractivity contribution in [3.63, 3.8) is 0 Å². The van der Waals surface area contributed by atoms with Crippen molar-refractivity contribution in [1.82, 2.24) is 19.5 Å². The van der Waals surface area contributed by atoms with Crippen molar-refractivity contribution in [3.05, 3.63) is 24.2 Å². The molecule has 0 aromatic carbocycles. The highest BCUT2D eigenvalue weighted by molar-refractivity contribution is 5.56. The molecule has 90 valence electrons. The van der Waals surface area contributed by atoms with Crippen LogP contribution in [0.25, 0.3) is 11.5 Å². The molecule has 2 rings (SSSR count). The zero-order valence-electron chi connectivity index (χ0n) is 10.4. The van der Waals surface area contributed by atoms with E-state index in [4.69, 9.17) is 0 Å². The predicted molar refractivity (Wildman–Crippen MR) is 67.8 cm³/mol. The minimum Gasteiger partial charge on any atom is -0.357 e. The van der Waals surface area contributed by atoms with Gasteiger partial charge in [-0.15, -0.1) is 0 Å². The van der Waals surface area contributed by atoms with Crippen molar-refractivity contribution in [3.8, 4) is 11.5 Å². The number of nitrogens with zero attached hydrogens (tertiary/aromatic N) is 4. The highest BCUT2D eigenvalue weighted by Gasteiger charge is 2.11. The lowest BCUT2D eigenvalue weighted by molar-refractivity contribution is 0.683. The first-order valence-electron chi connectivity index (χ1n) is 5.79. The van der Waals surface area contributed by atoms with Crippen LogP contribution in [0.5, 0.6) is 0 Å². The number of imidazole rings is 1. The summed E-state index contributed by atoms with van der Waals surface area (Å²) < 4.78 is 2.12. The minimum atomic E-state index is 0.622. The van der Waals surface area contributed by atoms with Crippen LogP contribution >= 0.6 is 0 Å². The van der Waals surface area contributed by atoms with Crippen molar-refractivity contribution in [2.24, 2.45) is 0 Å². The van der Waals surface area contributed by atoms with E-state index >= 15 is 0 Å². The molecule has 0 fully saturated rings. The SMILES string of the molecule is CCCn1ccnc1-c1nc(NC)ncc1C. The van der Waals surface area contributed by atoms with Crippen molar-refractivity contribution < 1.29 is 0 Å². The topological polar surface area (TPSA) is 55.6 Å². The molecule has 2 aromatic heterocycles. The molecular weight excluding hydrogens is 214 g/mol. The maximum Gasteiger partial charge on any atom is 0.223 e. The van der Waals surface area contributed by atoms with E-state index in [9.17, 15) is 0 Å². The van der Waals surface area contributed by atoms with Gasteiger partial charge in [-0.3, -0.25) is 0 Å². The first-order chi connectivity index (χ1) is 8.26. The van der Waals surface area contributed by atoms with Crippen LogP contribution in [0.3, 0.4) is 0 Å². The van der Waals surface area contributed by atoms with E-state index in [1.54, 1.807) is 0 Å². The molecule has 0 aliphatic heterocycles. The van der Waals surface area contributed by atoms with Crippen molar-refractivity contribution in [2.45, 2.75) is 26.8 Å². The van der Waals surface area contributed by atoms with Crippen molar-refractivity contribution >= 4 is 5.95 Å². The van der Waals surface area contributed by atoms with E-state index in [1.165, 1.54) is 0 Å². The summed E-state index contributed by atoms with van der Waals surface area (Å²) in [5.74, 6) is 1.53. The molecule has 0 spiro atoms. The Morgan fingerprint density at radius 1 is 1.35 bits per heavy atom. The third-order valence-electron chi connectivity index (χ3n) is 2.59. The molecule has 0 unspecified atom stereocenters. The van der Waals surface area contributed by atoms with Crippen LogP contribution in [-0.2, 0) is 6.54 Å². The summed E-state index contributed by atoms with van der Waals surface area (Å²) >= 11 is 0. The molecule has 0 saturated carbocycles. The summed E-state index contributed by atoms with van der Waals surface area (Å²) in [4.78, 5) is 13.0. The molecule has 0 bridgehead atoms. The Labute approximate surface area is 101 Å². The average molecular weight is 231 g/mol. The van der Waals surface area contributed by atoms with Crippen LogP contribution in [0.1, 0.15) is 18.9 Å². The summed E-state index contributed by atoms with van der Waals surface area (Å²) in [5.41, 5.74) is 1.93. The molecule has 2 heterocycles. The van der Waals surface area contributed by atoms with Gasteiger partial charge in [0.2, 0.25) is 5.95 Å². The zero-order valence-corrected chi connectivity index (χ0v) is 10.4. The Morgan fingerprint density at radius 2 is 2.18 bits per heavy atom. The molecule has 0 saturated heterocycles. The lowest BCUT2D eigenvalue weighted by Crippen LogP contribution is -2.04. The van der Waals surface area contributed by atoms with Crippen LogP contribution in [0.4, 0.5) is 5.95 Å². The van der Waals surface area contributed by atoms with E-state index in [0.717, 1.165) is 30.0 Å². The summed E-state index contributed by atoms with van der Waals surface area (Å²) in [5, 5.41) is 2.95. The van der Waals surface area contributed by atoms with Gasteiger partial charge in [-0.2, -0.15) is 0 Å². The summed E-state index contributed by atoms with van der Waals surface area (Å²) in [6, 6.07) is 0. The number of aryl methyl sites for hydroxylation is 2. The zero-order chi connectivity index (χ0) is 12.3. The van der Waals surface area contributed by atoms with E-state index < -0.39 is 0 Å². The van der Waals surface area contributed by atoms with Crippen LogP contribution in [-0.4, -0.2) is 26.6 Å². The third-order valence-corrected chi connectivity index (χ3v) is 2.59. The van der Waals surface area contributed by atoms with Crippen LogP contribution in [0, 0.1) is 6.92 Å². The Balaban J connectivity index is 2.47. The normalized spacial score (nSPS) is 10.5. The molecule has 5 nitrogen and oxygen atoms in total. The predicted octanol–water partition coefficient (Wildman–Crippen LogP) is 2.10. The molecule has 0 aliphatic carbocycles. The lowest BCUT2D eigenvalue weighted by atomic mass is 10.2. The Bertz CT molecular complexity index is 503. The maximum absolute atomic E-state index is 4.47. The number of rotatable bonds is 4. The Hall–Kier alpha value is -1.91. The van der Waals surface area contributed by atoms with Crippen LogP contribution < -0.4 is 5.32 Å². The molecule has 2 aromatic rings. The number of nitrogens with one attached hydrogen (secondary N) is 1. The second-order valence-corrected chi connectivity index (χ2v) is 3.92. The Morgan fingerprint density at radius 3 is 2.88 bits per heavy atom. The van der Waals surface area contributed by atoms with E-state index in [-0.39, 0.29) is 0 Å². The fraction of sp³-hybridized carbons (Fsp3) is 0.417. The minimum absolute atomic E-state index is 0.622. The largest absolute Gasteiger partial charge is 0.357 e. The van der Waals surface area contributed by atoms with E-state index in [0.29, 0.717) is 5.95 Å². The van der Waals surface area contributed by atoms with Gasteiger partial charge in [0.15, 0.2) is 5.82 Å². The molecule has 1 N–H and O–H groups in total. The number of hydrogen-bond donors (Lipinski definition) is 1. The summed E-state index contributed by atoms with van der Waals surface area (Å²) in [6.07, 6.45) is 6.69. The second-order valence-electron chi connectivity index (χ2n) is 3.92. The quantitative estimate of drug-likeness (QED) is 0.875. The first kappa shape index (κ1) is 11.6. The second kappa shape index (κ2) is 4.95. The van der Waals surface area contributed by atoms with Gasteiger partial charge < -0.3 is 9.88 Å². The first-order valence-corrected chi connectivity index (χ1v) is 5.79. The number of aromatic nitrogens is 4. The van der Waals surface area contributed by atoms with E-state index in [2.05, 4.69) is 31.8 Å². The number of anilines is 1. The fourth-order valence-corrected chi connectivity index (χ4v) is 1.74. The van der Waals surface area contributed by atoms with Crippen molar-refractivity contribution in [2.75, 3.05) is 12.4 Å². The smallest absolute Gasteiger partial charge is 0.223 e. The monoisotopic (exact) mass is 231 g/mol. The molecule has 0 amide bonds. The number of hydrogen-bond acceptors (Lipinski definition) is 4. The molecule has 0 atom stereocenters. The van der Waals surface area contributed by atoms with Crippen LogP contribution in [0.2, 0.25) is 0 Å². The summed E-state index contributed by atoms with van der Waals surface area (Å²) in [7, 11) is 1.81. The average Bonchev–Trinajstić information content (AvgIpc) is 2.78. The fourth-order valence-electron chi connectivity index (χ4n) is 1.74. The van der Waals surface area contributed by atoms with Crippen LogP contribution in [0.15, 0.2) is 18.6 Å².